The summed E-state index contributed by atoms with van der Waals surface area (Å²) in [6, 6.07) is 2.41. The molecule has 1 amide bonds. The van der Waals surface area contributed by atoms with Crippen molar-refractivity contribution in [2.75, 3.05) is 13.1 Å². The van der Waals surface area contributed by atoms with E-state index < -0.39 is 0 Å². The molecule has 2 heterocycles. The van der Waals surface area contributed by atoms with E-state index in [4.69, 9.17) is 0 Å². The van der Waals surface area contributed by atoms with E-state index in [0.29, 0.717) is 6.04 Å². The van der Waals surface area contributed by atoms with Gasteiger partial charge in [-0.2, -0.15) is 0 Å². The van der Waals surface area contributed by atoms with E-state index in [1.807, 2.05) is 0 Å². The molecule has 0 radical (unpaired) electrons. The van der Waals surface area contributed by atoms with Gasteiger partial charge in [0, 0.05) is 17.5 Å². The SMILES string of the molecule is Cl.O=C(NC1CCNC1)c1cc2c(s1)CCC2. The molecule has 1 fully saturated rings. The third kappa shape index (κ3) is 2.64. The second-order valence-electron chi connectivity index (χ2n) is 4.58. The molecule has 5 heteroatoms. The third-order valence-corrected chi connectivity index (χ3v) is 4.60. The Morgan fingerprint density at radius 2 is 2.35 bits per heavy atom. The van der Waals surface area contributed by atoms with E-state index in [0.717, 1.165) is 37.2 Å². The highest BCUT2D eigenvalue weighted by molar-refractivity contribution is 7.14. The molecular weight excluding hydrogens is 256 g/mol. The lowest BCUT2D eigenvalue weighted by Crippen LogP contribution is -2.35. The summed E-state index contributed by atoms with van der Waals surface area (Å²) in [5, 5.41) is 6.35. The van der Waals surface area contributed by atoms with Crippen molar-refractivity contribution in [2.24, 2.45) is 0 Å². The van der Waals surface area contributed by atoms with Crippen LogP contribution in [0.3, 0.4) is 0 Å². The standard InChI is InChI=1S/C12H16N2OS.ClH/c15-12(14-9-4-5-13-7-9)11-6-8-2-1-3-10(8)16-11;/h6,9,13H,1-5,7H2,(H,14,15);1H. The molecule has 94 valence electrons. The smallest absolute Gasteiger partial charge is 0.261 e. The molecule has 2 N–H and O–H groups in total. The topological polar surface area (TPSA) is 41.1 Å². The first-order valence-electron chi connectivity index (χ1n) is 5.96. The van der Waals surface area contributed by atoms with Gasteiger partial charge in [-0.1, -0.05) is 0 Å². The minimum atomic E-state index is 0. The van der Waals surface area contributed by atoms with Crippen molar-refractivity contribution in [1.82, 2.24) is 10.6 Å². The predicted molar refractivity (Wildman–Crippen MR) is 72.3 cm³/mol. The maximum Gasteiger partial charge on any atom is 0.261 e. The van der Waals surface area contributed by atoms with Gasteiger partial charge in [0.15, 0.2) is 0 Å². The largest absolute Gasteiger partial charge is 0.347 e. The van der Waals surface area contributed by atoms with Gasteiger partial charge in [-0.3, -0.25) is 4.79 Å². The van der Waals surface area contributed by atoms with Crippen LogP contribution in [0.4, 0.5) is 0 Å². The minimum Gasteiger partial charge on any atom is -0.347 e. The molecule has 2 aliphatic rings. The monoisotopic (exact) mass is 272 g/mol. The summed E-state index contributed by atoms with van der Waals surface area (Å²) in [5.74, 6) is 0.119. The summed E-state index contributed by atoms with van der Waals surface area (Å²) in [6.45, 7) is 1.93. The molecule has 1 unspecified atom stereocenters. The average Bonchev–Trinajstić information content (AvgIpc) is 2.91. The van der Waals surface area contributed by atoms with Crippen LogP contribution in [-0.4, -0.2) is 25.0 Å². The van der Waals surface area contributed by atoms with Crippen LogP contribution in [0.25, 0.3) is 0 Å². The number of rotatable bonds is 2. The maximum absolute atomic E-state index is 12.0. The van der Waals surface area contributed by atoms with Gasteiger partial charge in [0.05, 0.1) is 4.88 Å². The number of nitrogens with one attached hydrogen (secondary N) is 2. The average molecular weight is 273 g/mol. The van der Waals surface area contributed by atoms with E-state index in [2.05, 4.69) is 16.7 Å². The first kappa shape index (κ1) is 12.9. The van der Waals surface area contributed by atoms with Gasteiger partial charge in [-0.05, 0) is 43.9 Å². The molecule has 1 atom stereocenters. The van der Waals surface area contributed by atoms with Gasteiger partial charge in [0.25, 0.3) is 5.91 Å². The molecule has 0 bridgehead atoms. The van der Waals surface area contributed by atoms with Gasteiger partial charge in [0.1, 0.15) is 0 Å². The lowest BCUT2D eigenvalue weighted by atomic mass is 10.2. The van der Waals surface area contributed by atoms with Crippen molar-refractivity contribution in [2.45, 2.75) is 31.7 Å². The molecule has 1 aromatic heterocycles. The summed E-state index contributed by atoms with van der Waals surface area (Å²) < 4.78 is 0. The van der Waals surface area contributed by atoms with Crippen molar-refractivity contribution >= 4 is 29.7 Å². The Labute approximate surface area is 111 Å². The van der Waals surface area contributed by atoms with Crippen LogP contribution in [0.5, 0.6) is 0 Å². The highest BCUT2D eigenvalue weighted by Crippen LogP contribution is 2.30. The lowest BCUT2D eigenvalue weighted by molar-refractivity contribution is 0.0944. The summed E-state index contributed by atoms with van der Waals surface area (Å²) in [5.41, 5.74) is 1.40. The molecule has 0 aromatic carbocycles. The molecule has 0 saturated carbocycles. The number of carbonyl (C=O) groups excluding carboxylic acids is 1. The highest BCUT2D eigenvalue weighted by Gasteiger charge is 2.21. The minimum absolute atomic E-state index is 0. The number of thiophene rings is 1. The summed E-state index contributed by atoms with van der Waals surface area (Å²) in [6.07, 6.45) is 4.63. The van der Waals surface area contributed by atoms with Crippen LogP contribution < -0.4 is 10.6 Å². The Morgan fingerprint density at radius 1 is 1.47 bits per heavy atom. The predicted octanol–water partition coefficient (Wildman–Crippen LogP) is 1.75. The van der Waals surface area contributed by atoms with E-state index in [1.54, 1.807) is 11.3 Å². The number of carbonyl (C=O) groups is 1. The van der Waals surface area contributed by atoms with Gasteiger partial charge >= 0.3 is 0 Å². The Balaban J connectivity index is 0.00000108. The third-order valence-electron chi connectivity index (χ3n) is 3.37. The molecule has 1 aromatic rings. The zero-order chi connectivity index (χ0) is 11.0. The fourth-order valence-corrected chi connectivity index (χ4v) is 3.63. The van der Waals surface area contributed by atoms with Crippen molar-refractivity contribution in [3.05, 3.63) is 21.4 Å². The maximum atomic E-state index is 12.0. The number of fused-ring (bicyclic) bond motifs is 1. The van der Waals surface area contributed by atoms with Crippen molar-refractivity contribution < 1.29 is 4.79 Å². The molecule has 1 saturated heterocycles. The molecule has 3 nitrogen and oxygen atoms in total. The Bertz CT molecular complexity index is 391. The first-order chi connectivity index (χ1) is 7.83. The second kappa shape index (κ2) is 5.38. The molecule has 17 heavy (non-hydrogen) atoms. The van der Waals surface area contributed by atoms with E-state index >= 15 is 0 Å². The zero-order valence-electron chi connectivity index (χ0n) is 9.62. The van der Waals surface area contributed by atoms with Crippen LogP contribution in [0.15, 0.2) is 6.07 Å². The van der Waals surface area contributed by atoms with Crippen LogP contribution in [0.2, 0.25) is 0 Å². The van der Waals surface area contributed by atoms with E-state index in [-0.39, 0.29) is 18.3 Å². The molecule has 3 rings (SSSR count). The van der Waals surface area contributed by atoms with Gasteiger partial charge < -0.3 is 10.6 Å². The van der Waals surface area contributed by atoms with Gasteiger partial charge in [-0.25, -0.2) is 0 Å². The van der Waals surface area contributed by atoms with Crippen LogP contribution in [-0.2, 0) is 12.8 Å². The summed E-state index contributed by atoms with van der Waals surface area (Å²) in [7, 11) is 0. The number of halogens is 1. The number of hydrogen-bond donors (Lipinski definition) is 2. The fraction of sp³-hybridized carbons (Fsp3) is 0.583. The Kier molecular flexibility index (Phi) is 4.07. The van der Waals surface area contributed by atoms with Crippen LogP contribution >= 0.6 is 23.7 Å². The fourth-order valence-electron chi connectivity index (χ4n) is 2.48. The van der Waals surface area contributed by atoms with Gasteiger partial charge in [0.2, 0.25) is 0 Å². The Hall–Kier alpha value is -0.580. The molecule has 1 aliphatic carbocycles. The second-order valence-corrected chi connectivity index (χ2v) is 5.71. The highest BCUT2D eigenvalue weighted by atomic mass is 35.5. The summed E-state index contributed by atoms with van der Waals surface area (Å²) >= 11 is 1.68. The quantitative estimate of drug-likeness (QED) is 0.861. The zero-order valence-corrected chi connectivity index (χ0v) is 11.3. The van der Waals surface area contributed by atoms with Crippen molar-refractivity contribution in [3.8, 4) is 0 Å². The molecular formula is C12H17ClN2OS. The van der Waals surface area contributed by atoms with Crippen LogP contribution in [0.1, 0.15) is 33.0 Å². The number of hydrogen-bond acceptors (Lipinski definition) is 3. The lowest BCUT2D eigenvalue weighted by Gasteiger charge is -2.09. The molecule has 1 aliphatic heterocycles. The number of aryl methyl sites for hydroxylation is 2. The van der Waals surface area contributed by atoms with Gasteiger partial charge in [-0.15, -0.1) is 23.7 Å². The van der Waals surface area contributed by atoms with Crippen molar-refractivity contribution in [1.29, 1.82) is 0 Å². The molecule has 0 spiro atoms. The normalized spacial score (nSPS) is 22.0. The number of amides is 1. The Morgan fingerprint density at radius 3 is 3.06 bits per heavy atom. The summed E-state index contributed by atoms with van der Waals surface area (Å²) in [4.78, 5) is 14.3. The first-order valence-corrected chi connectivity index (χ1v) is 6.78. The van der Waals surface area contributed by atoms with Crippen molar-refractivity contribution in [3.63, 3.8) is 0 Å². The van der Waals surface area contributed by atoms with E-state index in [1.165, 1.54) is 16.9 Å². The van der Waals surface area contributed by atoms with E-state index in [9.17, 15) is 4.79 Å². The van der Waals surface area contributed by atoms with Crippen LogP contribution in [0, 0.1) is 0 Å².